The molecule has 116 valence electrons. The van der Waals surface area contributed by atoms with Crippen LogP contribution in [0.15, 0.2) is 29.3 Å². The molecule has 0 fully saturated rings. The van der Waals surface area contributed by atoms with Crippen molar-refractivity contribution in [2.75, 3.05) is 11.9 Å². The summed E-state index contributed by atoms with van der Waals surface area (Å²) >= 11 is 0. The molecule has 0 bridgehead atoms. The fraction of sp³-hybridized carbons (Fsp3) is 0.500. The lowest BCUT2D eigenvalue weighted by Crippen LogP contribution is -2.25. The van der Waals surface area contributed by atoms with Crippen LogP contribution in [-0.2, 0) is 16.0 Å². The fourth-order valence-electron chi connectivity index (χ4n) is 1.72. The molecule has 5 heteroatoms. The zero-order valence-corrected chi connectivity index (χ0v) is 13.3. The summed E-state index contributed by atoms with van der Waals surface area (Å²) in [5, 5.41) is 3.01. The smallest absolute Gasteiger partial charge is 0.308 e. The van der Waals surface area contributed by atoms with Crippen molar-refractivity contribution in [2.24, 2.45) is 10.7 Å². The highest BCUT2D eigenvalue weighted by Crippen LogP contribution is 2.11. The van der Waals surface area contributed by atoms with Crippen molar-refractivity contribution in [3.05, 3.63) is 29.8 Å². The van der Waals surface area contributed by atoms with E-state index in [0.29, 0.717) is 12.5 Å². The van der Waals surface area contributed by atoms with E-state index in [2.05, 4.69) is 23.3 Å². The summed E-state index contributed by atoms with van der Waals surface area (Å²) in [4.78, 5) is 15.7. The lowest BCUT2D eigenvalue weighted by atomic mass is 10.1. The second kappa shape index (κ2) is 7.67. The number of rotatable bonds is 5. The number of nitrogens with two attached hydrogens (primary N) is 1. The van der Waals surface area contributed by atoms with Crippen LogP contribution in [0.1, 0.15) is 39.7 Å². The summed E-state index contributed by atoms with van der Waals surface area (Å²) < 4.78 is 5.20. The lowest BCUT2D eigenvalue weighted by Gasteiger charge is -2.19. The highest BCUT2D eigenvalue weighted by atomic mass is 16.6. The molecule has 0 saturated heterocycles. The number of nitrogens with zero attached hydrogens (tertiary/aromatic N) is 1. The van der Waals surface area contributed by atoms with Gasteiger partial charge in [0.25, 0.3) is 0 Å². The maximum Gasteiger partial charge on any atom is 0.308 e. The fourth-order valence-corrected chi connectivity index (χ4v) is 1.72. The molecule has 0 atom stereocenters. The number of hydrogen-bond donors (Lipinski definition) is 2. The van der Waals surface area contributed by atoms with Crippen molar-refractivity contribution in [3.8, 4) is 0 Å². The van der Waals surface area contributed by atoms with Crippen molar-refractivity contribution >= 4 is 17.6 Å². The van der Waals surface area contributed by atoms with Crippen LogP contribution in [0.2, 0.25) is 0 Å². The van der Waals surface area contributed by atoms with Gasteiger partial charge in [-0.1, -0.05) is 19.1 Å². The largest absolute Gasteiger partial charge is 0.460 e. The Kier molecular flexibility index (Phi) is 6.21. The standard InChI is InChI=1S/C16H25N3O2/c1-5-12-7-6-8-13(11-12)19-15(17)18-10-9-14(20)21-16(2,3)4/h6-8,11H,5,9-10H2,1-4H3,(H3,17,18,19). The highest BCUT2D eigenvalue weighted by molar-refractivity contribution is 5.92. The minimum Gasteiger partial charge on any atom is -0.460 e. The number of esters is 1. The first-order valence-corrected chi connectivity index (χ1v) is 7.18. The van der Waals surface area contributed by atoms with Crippen LogP contribution < -0.4 is 11.1 Å². The minimum absolute atomic E-state index is 0.217. The number of ether oxygens (including phenoxy) is 1. The van der Waals surface area contributed by atoms with Crippen molar-refractivity contribution in [1.29, 1.82) is 0 Å². The number of anilines is 1. The second-order valence-corrected chi connectivity index (χ2v) is 5.78. The summed E-state index contributed by atoms with van der Waals surface area (Å²) in [6.45, 7) is 7.92. The Morgan fingerprint density at radius 2 is 2.10 bits per heavy atom. The third-order valence-corrected chi connectivity index (χ3v) is 2.63. The van der Waals surface area contributed by atoms with E-state index in [1.54, 1.807) is 0 Å². The number of aryl methyl sites for hydroxylation is 1. The second-order valence-electron chi connectivity index (χ2n) is 5.78. The van der Waals surface area contributed by atoms with Gasteiger partial charge in [-0.15, -0.1) is 0 Å². The summed E-state index contributed by atoms with van der Waals surface area (Å²) in [5.41, 5.74) is 7.45. The van der Waals surface area contributed by atoms with Crippen LogP contribution in [0.25, 0.3) is 0 Å². The Bertz CT molecular complexity index is 504. The van der Waals surface area contributed by atoms with E-state index in [9.17, 15) is 4.79 Å². The Labute approximate surface area is 126 Å². The molecule has 0 aromatic heterocycles. The number of benzene rings is 1. The number of aliphatic imine (C=N–C) groups is 1. The molecule has 1 aromatic carbocycles. The molecule has 0 aliphatic heterocycles. The third-order valence-electron chi connectivity index (χ3n) is 2.63. The molecule has 3 N–H and O–H groups in total. The number of nitrogens with one attached hydrogen (secondary N) is 1. The molecule has 0 amide bonds. The normalized spacial score (nSPS) is 12.1. The zero-order valence-electron chi connectivity index (χ0n) is 13.3. The van der Waals surface area contributed by atoms with Crippen molar-refractivity contribution in [3.63, 3.8) is 0 Å². The first-order valence-electron chi connectivity index (χ1n) is 7.18. The van der Waals surface area contributed by atoms with Crippen molar-refractivity contribution in [1.82, 2.24) is 0 Å². The number of carbonyl (C=O) groups is 1. The minimum atomic E-state index is -0.467. The SMILES string of the molecule is CCc1cccc(NC(N)=NCCC(=O)OC(C)(C)C)c1. The van der Waals surface area contributed by atoms with Gasteiger partial charge < -0.3 is 15.8 Å². The van der Waals surface area contributed by atoms with Crippen LogP contribution in [0, 0.1) is 0 Å². The molecule has 0 aliphatic rings. The van der Waals surface area contributed by atoms with Crippen LogP contribution in [0.5, 0.6) is 0 Å². The predicted molar refractivity (Wildman–Crippen MR) is 86.4 cm³/mol. The monoisotopic (exact) mass is 291 g/mol. The Morgan fingerprint density at radius 1 is 1.38 bits per heavy atom. The summed E-state index contributed by atoms with van der Waals surface area (Å²) in [7, 11) is 0. The zero-order chi connectivity index (χ0) is 15.9. The van der Waals surface area contributed by atoms with Gasteiger partial charge >= 0.3 is 5.97 Å². The molecule has 0 heterocycles. The first-order chi connectivity index (χ1) is 9.80. The van der Waals surface area contributed by atoms with E-state index < -0.39 is 5.60 Å². The third kappa shape index (κ3) is 7.34. The Hall–Kier alpha value is -2.04. The number of hydrogen-bond acceptors (Lipinski definition) is 3. The lowest BCUT2D eigenvalue weighted by molar-refractivity contribution is -0.154. The van der Waals surface area contributed by atoms with E-state index in [4.69, 9.17) is 10.5 Å². The molecular weight excluding hydrogens is 266 g/mol. The van der Waals surface area contributed by atoms with Crippen LogP contribution in [-0.4, -0.2) is 24.1 Å². The van der Waals surface area contributed by atoms with E-state index in [-0.39, 0.29) is 12.4 Å². The molecule has 0 spiro atoms. The maximum absolute atomic E-state index is 11.5. The molecule has 0 aliphatic carbocycles. The van der Waals surface area contributed by atoms with Gasteiger partial charge in [0.2, 0.25) is 0 Å². The van der Waals surface area contributed by atoms with Crippen molar-refractivity contribution in [2.45, 2.75) is 46.1 Å². The van der Waals surface area contributed by atoms with Gasteiger partial charge in [-0.3, -0.25) is 9.79 Å². The predicted octanol–water partition coefficient (Wildman–Crippen LogP) is 2.71. The Morgan fingerprint density at radius 3 is 2.71 bits per heavy atom. The van der Waals surface area contributed by atoms with Gasteiger partial charge in [0.05, 0.1) is 13.0 Å². The quantitative estimate of drug-likeness (QED) is 0.497. The van der Waals surface area contributed by atoms with Gasteiger partial charge in [0, 0.05) is 5.69 Å². The van der Waals surface area contributed by atoms with Crippen LogP contribution in [0.3, 0.4) is 0 Å². The molecule has 0 unspecified atom stereocenters. The molecule has 5 nitrogen and oxygen atoms in total. The molecule has 0 radical (unpaired) electrons. The topological polar surface area (TPSA) is 76.7 Å². The number of guanidine groups is 1. The summed E-state index contributed by atoms with van der Waals surface area (Å²) in [6, 6.07) is 7.97. The highest BCUT2D eigenvalue weighted by Gasteiger charge is 2.15. The molecule has 21 heavy (non-hydrogen) atoms. The van der Waals surface area contributed by atoms with Gasteiger partial charge in [-0.25, -0.2) is 0 Å². The van der Waals surface area contributed by atoms with Crippen LogP contribution in [0.4, 0.5) is 5.69 Å². The van der Waals surface area contributed by atoms with E-state index >= 15 is 0 Å². The molecular formula is C16H25N3O2. The Balaban J connectivity index is 2.44. The van der Waals surface area contributed by atoms with E-state index in [1.165, 1.54) is 5.56 Å². The van der Waals surface area contributed by atoms with Crippen LogP contribution >= 0.6 is 0 Å². The average molecular weight is 291 g/mol. The van der Waals surface area contributed by atoms with Gasteiger partial charge in [-0.05, 0) is 44.9 Å². The van der Waals surface area contributed by atoms with Gasteiger partial charge in [-0.2, -0.15) is 0 Å². The van der Waals surface area contributed by atoms with Crippen molar-refractivity contribution < 1.29 is 9.53 Å². The molecule has 1 rings (SSSR count). The van der Waals surface area contributed by atoms with Gasteiger partial charge in [0.15, 0.2) is 5.96 Å². The number of carbonyl (C=O) groups excluding carboxylic acids is 1. The summed E-state index contributed by atoms with van der Waals surface area (Å²) in [6.07, 6.45) is 1.18. The summed E-state index contributed by atoms with van der Waals surface area (Å²) in [5.74, 6) is 0.0267. The average Bonchev–Trinajstić information content (AvgIpc) is 2.36. The van der Waals surface area contributed by atoms with Gasteiger partial charge in [0.1, 0.15) is 5.60 Å². The molecule has 1 aromatic rings. The molecule has 0 saturated carbocycles. The van der Waals surface area contributed by atoms with E-state index in [1.807, 2.05) is 39.0 Å². The van der Waals surface area contributed by atoms with E-state index in [0.717, 1.165) is 12.1 Å². The first kappa shape index (κ1) is 17.0. The maximum atomic E-state index is 11.5.